The first-order chi connectivity index (χ1) is 21.5. The van der Waals surface area contributed by atoms with E-state index in [0.29, 0.717) is 11.6 Å². The molecule has 4 rings (SSSR count). The number of rotatable bonds is 4. The first kappa shape index (κ1) is 36.2. The van der Waals surface area contributed by atoms with Crippen LogP contribution in [-0.4, -0.2) is 38.8 Å². The van der Waals surface area contributed by atoms with Gasteiger partial charge in [0, 0.05) is 6.42 Å². The number of pyridine rings is 1. The number of Topliss-reactive ketones (excluding diaryl/α,β-unsaturated/α-hetero) is 1. The molecule has 1 N–H and O–H groups in total. The minimum atomic E-state index is -5.10. The number of alkyl halides is 6. The average molecular weight is 657 g/mol. The number of anilines is 1. The molecule has 250 valence electrons. The fourth-order valence-corrected chi connectivity index (χ4v) is 4.32. The molecule has 0 saturated carbocycles. The molecule has 2 aromatic heterocycles. The maximum atomic E-state index is 14.9. The summed E-state index contributed by atoms with van der Waals surface area (Å²) in [7, 11) is 0. The van der Waals surface area contributed by atoms with Crippen molar-refractivity contribution < 1.29 is 49.8 Å². The molecular weight excluding hydrogens is 622 g/mol. The minimum Gasteiger partial charge on any atom is -0.444 e. The topological polar surface area (TPSA) is 116 Å². The molecule has 15 heteroatoms. The lowest BCUT2D eigenvalue weighted by Gasteiger charge is -2.32. The van der Waals surface area contributed by atoms with E-state index in [-0.39, 0.29) is 12.8 Å². The largest absolute Gasteiger partial charge is 0.444 e. The van der Waals surface area contributed by atoms with Gasteiger partial charge in [0.25, 0.3) is 11.8 Å². The summed E-state index contributed by atoms with van der Waals surface area (Å²) in [6.45, 7) is 8.02. The standard InChI is InChI=1S/C29H28F6N4O5.C2H6/c1-26(2,3)44-25(41)36-19-15-18(28(30,31)32)21-20(40)13-9-4-5-10-14-27(29(33,34)35,42-16-17-11-7-6-8-12-17)24-39-38-23(43-24)22(19)37-21;1-2/h4-8,11-12,15H,9-10,13-14,16H2,1-3H3,(H,36,41);1-2H3/b5-4-;. The van der Waals surface area contributed by atoms with Gasteiger partial charge in [0.15, 0.2) is 11.5 Å². The molecule has 1 aliphatic rings. The lowest BCUT2D eigenvalue weighted by Crippen LogP contribution is -2.45. The molecule has 0 saturated heterocycles. The van der Waals surface area contributed by atoms with Crippen LogP contribution in [-0.2, 0) is 27.9 Å². The number of amides is 1. The van der Waals surface area contributed by atoms with Gasteiger partial charge in [0.2, 0.25) is 5.60 Å². The molecule has 1 amide bonds. The van der Waals surface area contributed by atoms with Crippen molar-refractivity contribution in [2.75, 3.05) is 5.32 Å². The Hall–Kier alpha value is -4.27. The number of hydrogen-bond acceptors (Lipinski definition) is 8. The van der Waals surface area contributed by atoms with Crippen LogP contribution >= 0.6 is 0 Å². The van der Waals surface area contributed by atoms with Gasteiger partial charge in [-0.05, 0) is 51.7 Å². The number of halogens is 6. The van der Waals surface area contributed by atoms with E-state index in [1.54, 1.807) is 30.3 Å². The van der Waals surface area contributed by atoms with Crippen molar-refractivity contribution in [2.24, 2.45) is 0 Å². The van der Waals surface area contributed by atoms with Crippen molar-refractivity contribution in [2.45, 2.75) is 90.5 Å². The highest BCUT2D eigenvalue weighted by atomic mass is 19.4. The van der Waals surface area contributed by atoms with Crippen molar-refractivity contribution in [3.05, 3.63) is 71.3 Å². The van der Waals surface area contributed by atoms with Gasteiger partial charge in [-0.3, -0.25) is 10.1 Å². The van der Waals surface area contributed by atoms with Crippen LogP contribution in [0.3, 0.4) is 0 Å². The highest BCUT2D eigenvalue weighted by molar-refractivity contribution is 5.98. The fraction of sp³-hybridized carbons (Fsp3) is 0.452. The van der Waals surface area contributed by atoms with Gasteiger partial charge in [-0.1, -0.05) is 56.3 Å². The normalized spacial score (nSPS) is 18.1. The third-order valence-corrected chi connectivity index (χ3v) is 6.35. The Balaban J connectivity index is 0.00000282. The highest BCUT2D eigenvalue weighted by Gasteiger charge is 2.61. The summed E-state index contributed by atoms with van der Waals surface area (Å²) in [5.41, 5.74) is -7.65. The van der Waals surface area contributed by atoms with Crippen LogP contribution in [0.25, 0.3) is 11.6 Å². The Kier molecular flexibility index (Phi) is 11.4. The van der Waals surface area contributed by atoms with Crippen LogP contribution in [0.15, 0.2) is 53.0 Å². The lowest BCUT2D eigenvalue weighted by molar-refractivity contribution is -0.299. The molecule has 0 aliphatic carbocycles. The number of nitrogens with zero attached hydrogens (tertiary/aromatic N) is 3. The summed E-state index contributed by atoms with van der Waals surface area (Å²) in [5.74, 6) is -2.84. The zero-order valence-corrected chi connectivity index (χ0v) is 25.8. The van der Waals surface area contributed by atoms with Crippen LogP contribution in [0.2, 0.25) is 0 Å². The molecule has 0 spiro atoms. The average Bonchev–Trinajstić information content (AvgIpc) is 3.45. The molecule has 1 aliphatic heterocycles. The summed E-state index contributed by atoms with van der Waals surface area (Å²) >= 11 is 0. The summed E-state index contributed by atoms with van der Waals surface area (Å²) in [6, 6.07) is 8.46. The summed E-state index contributed by atoms with van der Waals surface area (Å²) in [4.78, 5) is 29.3. The molecular formula is C31H34F6N4O5. The minimum absolute atomic E-state index is 0.0761. The van der Waals surface area contributed by atoms with Gasteiger partial charge < -0.3 is 13.9 Å². The number of hydrogen-bond donors (Lipinski definition) is 1. The number of ketones is 1. The van der Waals surface area contributed by atoms with Crippen molar-refractivity contribution in [1.82, 2.24) is 15.2 Å². The second-order valence-corrected chi connectivity index (χ2v) is 10.9. The van der Waals surface area contributed by atoms with E-state index in [9.17, 15) is 35.9 Å². The monoisotopic (exact) mass is 656 g/mol. The van der Waals surface area contributed by atoms with Crippen LogP contribution in [0, 0.1) is 0 Å². The predicted molar refractivity (Wildman–Crippen MR) is 155 cm³/mol. The number of benzene rings is 1. The SMILES string of the molecule is CC.CC(C)(C)OC(=O)Nc1cc(C(F)(F)F)c2nc1-c1nnc(o1)C(OCc1ccccc1)(C(F)(F)F)CC/C=C\CCC2=O. The zero-order valence-electron chi connectivity index (χ0n) is 25.8. The van der Waals surface area contributed by atoms with E-state index < -0.39 is 89.3 Å². The van der Waals surface area contributed by atoms with E-state index >= 15 is 0 Å². The van der Waals surface area contributed by atoms with Crippen molar-refractivity contribution in [1.29, 1.82) is 0 Å². The van der Waals surface area contributed by atoms with Crippen molar-refractivity contribution >= 4 is 17.6 Å². The maximum Gasteiger partial charge on any atom is 0.426 e. The Labute approximate surface area is 261 Å². The maximum absolute atomic E-state index is 14.9. The third kappa shape index (κ3) is 8.71. The van der Waals surface area contributed by atoms with Gasteiger partial charge in [-0.2, -0.15) is 26.3 Å². The van der Waals surface area contributed by atoms with E-state index in [1.165, 1.54) is 32.9 Å². The van der Waals surface area contributed by atoms with Crippen LogP contribution in [0.1, 0.15) is 87.8 Å². The van der Waals surface area contributed by atoms with Crippen molar-refractivity contribution in [3.63, 3.8) is 0 Å². The van der Waals surface area contributed by atoms with E-state index in [1.807, 2.05) is 13.8 Å². The van der Waals surface area contributed by atoms with Crippen LogP contribution < -0.4 is 5.32 Å². The molecule has 9 nitrogen and oxygen atoms in total. The quantitative estimate of drug-likeness (QED) is 0.219. The zero-order chi connectivity index (χ0) is 34.3. The number of ether oxygens (including phenoxy) is 2. The number of carbonyl (C=O) groups excluding carboxylic acids is 2. The molecule has 3 heterocycles. The second-order valence-electron chi connectivity index (χ2n) is 10.9. The van der Waals surface area contributed by atoms with Gasteiger partial charge in [0.1, 0.15) is 11.3 Å². The smallest absolute Gasteiger partial charge is 0.426 e. The van der Waals surface area contributed by atoms with Gasteiger partial charge in [-0.25, -0.2) is 9.78 Å². The first-order valence-electron chi connectivity index (χ1n) is 14.4. The number of nitrogens with one attached hydrogen (secondary N) is 1. The number of allylic oxidation sites excluding steroid dienone is 2. The predicted octanol–water partition coefficient (Wildman–Crippen LogP) is 8.81. The Morgan fingerprint density at radius 3 is 2.24 bits per heavy atom. The Bertz CT molecular complexity index is 1530. The number of aromatic nitrogens is 3. The molecule has 3 aromatic rings. The molecule has 46 heavy (non-hydrogen) atoms. The summed E-state index contributed by atoms with van der Waals surface area (Å²) in [6.07, 6.45) is -10.1. The first-order valence-corrected chi connectivity index (χ1v) is 14.4. The van der Waals surface area contributed by atoms with Gasteiger partial charge in [-0.15, -0.1) is 10.2 Å². The van der Waals surface area contributed by atoms with Gasteiger partial charge in [0.05, 0.1) is 17.9 Å². The van der Waals surface area contributed by atoms with Crippen LogP contribution in [0.4, 0.5) is 36.8 Å². The molecule has 1 aromatic carbocycles. The van der Waals surface area contributed by atoms with Gasteiger partial charge >= 0.3 is 18.4 Å². The summed E-state index contributed by atoms with van der Waals surface area (Å²) in [5, 5.41) is 9.34. The van der Waals surface area contributed by atoms with E-state index in [0.717, 1.165) is 0 Å². The molecule has 0 radical (unpaired) electrons. The molecule has 1 unspecified atom stereocenters. The molecule has 1 atom stereocenters. The number of fused-ring (bicyclic) bond motifs is 5. The van der Waals surface area contributed by atoms with Crippen molar-refractivity contribution in [3.8, 4) is 11.6 Å². The van der Waals surface area contributed by atoms with E-state index in [2.05, 4.69) is 20.5 Å². The lowest BCUT2D eigenvalue weighted by atomic mass is 9.95. The Morgan fingerprint density at radius 1 is 0.978 bits per heavy atom. The third-order valence-electron chi connectivity index (χ3n) is 6.35. The summed E-state index contributed by atoms with van der Waals surface area (Å²) < 4.78 is 103. The fourth-order valence-electron chi connectivity index (χ4n) is 4.32. The molecule has 0 fully saturated rings. The highest BCUT2D eigenvalue weighted by Crippen LogP contribution is 2.47. The molecule has 4 bridgehead atoms. The second kappa shape index (κ2) is 14.4. The number of carbonyl (C=O) groups is 2. The van der Waals surface area contributed by atoms with E-state index in [4.69, 9.17) is 13.9 Å². The Morgan fingerprint density at radius 2 is 1.63 bits per heavy atom. The van der Waals surface area contributed by atoms with Crippen LogP contribution in [0.5, 0.6) is 0 Å².